The van der Waals surface area contributed by atoms with Gasteiger partial charge < -0.3 is 9.32 Å². The standard InChI is InChI=1S/C46H34N2.C19H14O.C9H12/c1-27-12-21-43(28(2)22-27)48(36-17-13-31(14-18-36)38-10-7-11-40-39-9-6-5-8-32(39)25-42(38)40)46-29(3)23-33-15-19-37-30(4)35(26-47)24-34-16-20-41(46)45(33)44(34)37;1-13-9-11-14(12-10-13)15-6-4-7-17-16-5-2-3-8-18(16)20-19(15)17;1-7-4-5-8(2)9(3)6-7/h5-24H,25H2,1-4H3;2-12H,1H3;4-6H,1-3H3. The number of benzene rings is 12. The Kier molecular flexibility index (Phi) is 12.5. The van der Waals surface area contributed by atoms with Crippen molar-refractivity contribution in [1.82, 2.24) is 0 Å². The molecule has 13 aromatic rings. The molecule has 372 valence electrons. The summed E-state index contributed by atoms with van der Waals surface area (Å²) in [6.07, 6.45) is 0.968. The van der Waals surface area contributed by atoms with Gasteiger partial charge in [0, 0.05) is 33.1 Å². The number of hydrogen-bond donors (Lipinski definition) is 0. The van der Waals surface area contributed by atoms with Crippen molar-refractivity contribution in [3.63, 3.8) is 0 Å². The second kappa shape index (κ2) is 19.8. The molecule has 0 fully saturated rings. The summed E-state index contributed by atoms with van der Waals surface area (Å²) < 4.78 is 6.07. The van der Waals surface area contributed by atoms with Crippen molar-refractivity contribution in [2.75, 3.05) is 4.90 Å². The highest BCUT2D eigenvalue weighted by atomic mass is 16.3. The van der Waals surface area contributed by atoms with Crippen LogP contribution < -0.4 is 4.90 Å². The van der Waals surface area contributed by atoms with Crippen LogP contribution in [0.1, 0.15) is 61.2 Å². The third-order valence-electron chi connectivity index (χ3n) is 16.0. The molecule has 14 rings (SSSR count). The summed E-state index contributed by atoms with van der Waals surface area (Å²) in [4.78, 5) is 2.46. The van der Waals surface area contributed by atoms with Crippen LogP contribution in [0, 0.1) is 66.7 Å². The Bertz CT molecular complexity index is 4450. The predicted octanol–water partition coefficient (Wildman–Crippen LogP) is 20.6. The lowest BCUT2D eigenvalue weighted by atomic mass is 9.88. The maximum Gasteiger partial charge on any atom is 0.143 e. The van der Waals surface area contributed by atoms with Gasteiger partial charge in [0.15, 0.2) is 0 Å². The minimum Gasteiger partial charge on any atom is -0.455 e. The Morgan fingerprint density at radius 1 is 0.429 bits per heavy atom. The molecule has 0 atom stereocenters. The molecule has 1 aromatic heterocycles. The number of nitrogens with zero attached hydrogens (tertiary/aromatic N) is 2. The molecule has 3 heteroatoms. The first kappa shape index (κ1) is 48.7. The van der Waals surface area contributed by atoms with Crippen molar-refractivity contribution in [1.29, 1.82) is 5.26 Å². The third kappa shape index (κ3) is 8.76. The zero-order valence-electron chi connectivity index (χ0n) is 45.1. The Hall–Kier alpha value is -9.23. The molecule has 0 saturated heterocycles. The van der Waals surface area contributed by atoms with Gasteiger partial charge in [-0.05, 0) is 192 Å². The smallest absolute Gasteiger partial charge is 0.143 e. The topological polar surface area (TPSA) is 40.2 Å². The van der Waals surface area contributed by atoms with Crippen LogP contribution in [0.15, 0.2) is 211 Å². The minimum absolute atomic E-state index is 0.738. The van der Waals surface area contributed by atoms with Crippen molar-refractivity contribution in [3.05, 3.63) is 267 Å². The molecule has 0 bridgehead atoms. The Morgan fingerprint density at radius 2 is 1.03 bits per heavy atom. The highest BCUT2D eigenvalue weighted by molar-refractivity contribution is 6.27. The Balaban J connectivity index is 0.000000167. The molecule has 0 N–H and O–H groups in total. The maximum atomic E-state index is 9.88. The van der Waals surface area contributed by atoms with Crippen molar-refractivity contribution >= 4 is 71.3 Å². The molecule has 3 nitrogen and oxygen atoms in total. The van der Waals surface area contributed by atoms with Crippen LogP contribution >= 0.6 is 0 Å². The molecule has 1 heterocycles. The first-order valence-corrected chi connectivity index (χ1v) is 26.7. The van der Waals surface area contributed by atoms with Gasteiger partial charge in [-0.25, -0.2) is 0 Å². The van der Waals surface area contributed by atoms with Crippen LogP contribution in [0.3, 0.4) is 0 Å². The van der Waals surface area contributed by atoms with E-state index in [0.29, 0.717) is 0 Å². The van der Waals surface area contributed by atoms with Crippen LogP contribution in [0.25, 0.3) is 87.6 Å². The van der Waals surface area contributed by atoms with E-state index in [0.717, 1.165) is 50.7 Å². The lowest BCUT2D eigenvalue weighted by molar-refractivity contribution is 0.670. The average molecular weight is 993 g/mol. The van der Waals surface area contributed by atoms with E-state index in [-0.39, 0.29) is 0 Å². The van der Waals surface area contributed by atoms with Crippen LogP contribution in [0.2, 0.25) is 0 Å². The summed E-state index contributed by atoms with van der Waals surface area (Å²) in [5.41, 5.74) is 26.7. The Morgan fingerprint density at radius 3 is 1.78 bits per heavy atom. The predicted molar refractivity (Wildman–Crippen MR) is 327 cm³/mol. The van der Waals surface area contributed by atoms with Crippen LogP contribution in [0.5, 0.6) is 0 Å². The van der Waals surface area contributed by atoms with Gasteiger partial charge in [-0.15, -0.1) is 0 Å². The van der Waals surface area contributed by atoms with Crippen molar-refractivity contribution < 1.29 is 4.42 Å². The molecule has 77 heavy (non-hydrogen) atoms. The highest BCUT2D eigenvalue weighted by Gasteiger charge is 2.25. The van der Waals surface area contributed by atoms with Crippen molar-refractivity contribution in [2.45, 2.75) is 61.8 Å². The van der Waals surface area contributed by atoms with E-state index in [2.05, 4.69) is 260 Å². The molecular formula is C74H60N2O. The summed E-state index contributed by atoms with van der Waals surface area (Å²) in [6, 6.07) is 76.7. The summed E-state index contributed by atoms with van der Waals surface area (Å²) in [7, 11) is 0. The van der Waals surface area contributed by atoms with E-state index < -0.39 is 0 Å². The van der Waals surface area contributed by atoms with Gasteiger partial charge in [0.2, 0.25) is 0 Å². The van der Waals surface area contributed by atoms with Gasteiger partial charge in [-0.2, -0.15) is 5.26 Å². The summed E-state index contributed by atoms with van der Waals surface area (Å²) in [6.45, 7) is 17.2. The number of para-hydroxylation sites is 2. The lowest BCUT2D eigenvalue weighted by Gasteiger charge is -2.31. The quantitative estimate of drug-likeness (QED) is 0.161. The third-order valence-corrected chi connectivity index (χ3v) is 16.0. The maximum absolute atomic E-state index is 9.88. The fourth-order valence-corrected chi connectivity index (χ4v) is 11.9. The number of nitriles is 1. The van der Waals surface area contributed by atoms with Crippen molar-refractivity contribution in [3.8, 4) is 39.4 Å². The largest absolute Gasteiger partial charge is 0.455 e. The number of hydrogen-bond acceptors (Lipinski definition) is 3. The fourth-order valence-electron chi connectivity index (χ4n) is 11.9. The summed E-state index contributed by atoms with van der Waals surface area (Å²) in [5, 5.41) is 19.4. The molecule has 1 aliphatic rings. The molecule has 0 radical (unpaired) electrons. The second-order valence-electron chi connectivity index (χ2n) is 21.2. The van der Waals surface area contributed by atoms with Gasteiger partial charge >= 0.3 is 0 Å². The molecule has 0 spiro atoms. The highest BCUT2D eigenvalue weighted by Crippen LogP contribution is 2.48. The van der Waals surface area contributed by atoms with E-state index in [1.165, 1.54) is 122 Å². The number of fused-ring (bicyclic) bond motifs is 6. The van der Waals surface area contributed by atoms with Crippen molar-refractivity contribution in [2.24, 2.45) is 0 Å². The number of furan rings is 1. The fraction of sp³-hybridized carbons (Fsp3) is 0.122. The second-order valence-corrected chi connectivity index (χ2v) is 21.2. The molecule has 12 aromatic carbocycles. The average Bonchev–Trinajstić information content (AvgIpc) is 4.11. The first-order valence-electron chi connectivity index (χ1n) is 26.7. The van der Waals surface area contributed by atoms with Gasteiger partial charge in [-0.3, -0.25) is 0 Å². The zero-order chi connectivity index (χ0) is 53.1. The first-order chi connectivity index (χ1) is 37.4. The number of rotatable bonds is 5. The molecule has 1 aliphatic carbocycles. The van der Waals surface area contributed by atoms with E-state index in [9.17, 15) is 5.26 Å². The van der Waals surface area contributed by atoms with Crippen LogP contribution in [0.4, 0.5) is 17.1 Å². The van der Waals surface area contributed by atoms with Crippen LogP contribution in [-0.4, -0.2) is 0 Å². The van der Waals surface area contributed by atoms with E-state index in [4.69, 9.17) is 4.42 Å². The number of anilines is 3. The SMILES string of the molecule is Cc1ccc(-c2cccc3c2oc2ccccc23)cc1.Cc1ccc(C)c(C)c1.Cc1ccc(N(c2ccc(-c3cccc4c3Cc3ccccc3-4)cc2)c2c(C)cc3ccc4c(C)c(C#N)cc5ccc2c3c54)c(C)c1. The monoisotopic (exact) mass is 992 g/mol. The lowest BCUT2D eigenvalue weighted by Crippen LogP contribution is -2.13. The van der Waals surface area contributed by atoms with Gasteiger partial charge in [0.25, 0.3) is 0 Å². The normalized spacial score (nSPS) is 11.6. The molecule has 0 aliphatic heterocycles. The van der Waals surface area contributed by atoms with E-state index >= 15 is 0 Å². The molecular weight excluding hydrogens is 933 g/mol. The number of aryl methyl sites for hydroxylation is 8. The summed E-state index contributed by atoms with van der Waals surface area (Å²) >= 11 is 0. The minimum atomic E-state index is 0.738. The van der Waals surface area contributed by atoms with E-state index in [1.54, 1.807) is 0 Å². The van der Waals surface area contributed by atoms with Gasteiger partial charge in [-0.1, -0.05) is 187 Å². The zero-order valence-corrected chi connectivity index (χ0v) is 45.1. The van der Waals surface area contributed by atoms with Gasteiger partial charge in [0.05, 0.1) is 17.3 Å². The van der Waals surface area contributed by atoms with Gasteiger partial charge in [0.1, 0.15) is 11.2 Å². The molecule has 0 unspecified atom stereocenters. The van der Waals surface area contributed by atoms with Crippen LogP contribution in [-0.2, 0) is 6.42 Å². The summed E-state index contributed by atoms with van der Waals surface area (Å²) in [5.74, 6) is 0. The molecule has 0 amide bonds. The van der Waals surface area contributed by atoms with E-state index in [1.807, 2.05) is 12.1 Å². The molecule has 0 saturated carbocycles. The Labute approximate surface area is 452 Å².